The zero-order valence-corrected chi connectivity index (χ0v) is 27.2. The van der Waals surface area contributed by atoms with E-state index < -0.39 is 0 Å². The van der Waals surface area contributed by atoms with Crippen molar-refractivity contribution >= 4 is 12.2 Å². The Morgan fingerprint density at radius 3 is 1.83 bits per heavy atom. The summed E-state index contributed by atoms with van der Waals surface area (Å²) in [5.74, 6) is 3.39. The summed E-state index contributed by atoms with van der Waals surface area (Å²) in [6.07, 6.45) is 6.14. The van der Waals surface area contributed by atoms with Crippen LogP contribution >= 0.6 is 0 Å². The quantitative estimate of drug-likeness (QED) is 0.139. The van der Waals surface area contributed by atoms with E-state index in [1.807, 2.05) is 66.7 Å². The van der Waals surface area contributed by atoms with Gasteiger partial charge in [0.1, 0.15) is 48.4 Å². The molecular formula is C42H42O4. The zero-order valence-electron chi connectivity index (χ0n) is 27.2. The van der Waals surface area contributed by atoms with Crippen LogP contribution in [-0.4, -0.2) is 5.60 Å². The van der Waals surface area contributed by atoms with Gasteiger partial charge in [-0.3, -0.25) is 0 Å². The summed E-state index contributed by atoms with van der Waals surface area (Å²) < 4.78 is 25.8. The maximum atomic E-state index is 6.61. The summed E-state index contributed by atoms with van der Waals surface area (Å²) in [4.78, 5) is 0. The smallest absolute Gasteiger partial charge is 0.130 e. The minimum Gasteiger partial charge on any atom is -0.489 e. The third kappa shape index (κ3) is 7.46. The molecule has 0 atom stereocenters. The molecule has 0 bridgehead atoms. The molecule has 0 aromatic heterocycles. The van der Waals surface area contributed by atoms with Crippen LogP contribution in [-0.2, 0) is 26.2 Å². The van der Waals surface area contributed by atoms with Crippen LogP contribution in [0.25, 0.3) is 12.2 Å². The minimum atomic E-state index is -0.217. The lowest BCUT2D eigenvalue weighted by Crippen LogP contribution is -2.33. The molecule has 6 rings (SSSR count). The molecule has 234 valence electrons. The van der Waals surface area contributed by atoms with E-state index in [1.165, 1.54) is 5.56 Å². The molecule has 4 heteroatoms. The fraction of sp³-hybridized carbons (Fsp3) is 0.238. The van der Waals surface area contributed by atoms with E-state index in [2.05, 4.69) is 82.3 Å². The van der Waals surface area contributed by atoms with Gasteiger partial charge in [-0.15, -0.1) is 0 Å². The van der Waals surface area contributed by atoms with Gasteiger partial charge in [-0.2, -0.15) is 0 Å². The highest BCUT2D eigenvalue weighted by atomic mass is 16.5. The van der Waals surface area contributed by atoms with E-state index >= 15 is 0 Å². The second kappa shape index (κ2) is 14.0. The molecule has 0 spiro atoms. The summed E-state index contributed by atoms with van der Waals surface area (Å²) in [6, 6.07) is 36.8. The lowest BCUT2D eigenvalue weighted by Gasteiger charge is -2.35. The fourth-order valence-corrected chi connectivity index (χ4v) is 5.78. The van der Waals surface area contributed by atoms with Crippen LogP contribution in [0.2, 0.25) is 0 Å². The number of rotatable bonds is 11. The van der Waals surface area contributed by atoms with Gasteiger partial charge in [-0.25, -0.2) is 0 Å². The van der Waals surface area contributed by atoms with Gasteiger partial charge in [-0.1, -0.05) is 103 Å². The molecule has 0 aliphatic carbocycles. The first-order valence-corrected chi connectivity index (χ1v) is 16.0. The summed E-state index contributed by atoms with van der Waals surface area (Å²) in [5, 5.41) is 0. The first-order valence-electron chi connectivity index (χ1n) is 16.0. The average Bonchev–Trinajstić information content (AvgIpc) is 3.08. The SMILES string of the molecule is Cc1c(C)c2c(c(C=Cc3ccc(OCc4ccccc4)cc3OCc3ccccc3)c1OCc1ccccc1)CCC(C)(C)O2. The molecule has 46 heavy (non-hydrogen) atoms. The monoisotopic (exact) mass is 610 g/mol. The normalized spacial score (nSPS) is 13.6. The maximum Gasteiger partial charge on any atom is 0.130 e. The second-order valence-corrected chi connectivity index (χ2v) is 12.5. The van der Waals surface area contributed by atoms with Gasteiger partial charge in [0.05, 0.1) is 0 Å². The molecule has 1 aliphatic rings. The predicted molar refractivity (Wildman–Crippen MR) is 187 cm³/mol. The van der Waals surface area contributed by atoms with E-state index in [0.29, 0.717) is 19.8 Å². The Bertz CT molecular complexity index is 1790. The highest BCUT2D eigenvalue weighted by molar-refractivity contribution is 5.80. The van der Waals surface area contributed by atoms with Crippen LogP contribution in [0.1, 0.15) is 64.8 Å². The highest BCUT2D eigenvalue weighted by Crippen LogP contribution is 2.45. The molecule has 1 aliphatic heterocycles. The first kappa shape index (κ1) is 31.0. The largest absolute Gasteiger partial charge is 0.489 e. The Morgan fingerprint density at radius 2 is 1.22 bits per heavy atom. The highest BCUT2D eigenvalue weighted by Gasteiger charge is 2.31. The first-order chi connectivity index (χ1) is 22.4. The van der Waals surface area contributed by atoms with Gasteiger partial charge < -0.3 is 18.9 Å². The van der Waals surface area contributed by atoms with Gasteiger partial charge in [0, 0.05) is 22.8 Å². The molecule has 0 fully saturated rings. The summed E-state index contributed by atoms with van der Waals surface area (Å²) in [6.45, 7) is 10.0. The zero-order chi connectivity index (χ0) is 31.9. The summed E-state index contributed by atoms with van der Waals surface area (Å²) in [5.41, 5.74) is 8.57. The molecule has 0 radical (unpaired) electrons. The molecule has 5 aromatic carbocycles. The van der Waals surface area contributed by atoms with Gasteiger partial charge in [0.25, 0.3) is 0 Å². The van der Waals surface area contributed by atoms with Crippen molar-refractivity contribution in [1.29, 1.82) is 0 Å². The Labute approximate surface area is 273 Å². The van der Waals surface area contributed by atoms with Crippen LogP contribution in [0.3, 0.4) is 0 Å². The Hall–Kier alpha value is -4.96. The molecule has 0 N–H and O–H groups in total. The number of hydrogen-bond acceptors (Lipinski definition) is 4. The molecule has 1 heterocycles. The van der Waals surface area contributed by atoms with Crippen molar-refractivity contribution < 1.29 is 18.9 Å². The van der Waals surface area contributed by atoms with Gasteiger partial charge in [-0.05, 0) is 80.5 Å². The topological polar surface area (TPSA) is 36.9 Å². The number of benzene rings is 5. The Balaban J connectivity index is 1.36. The van der Waals surface area contributed by atoms with Crippen LogP contribution in [0.4, 0.5) is 0 Å². The number of ether oxygens (including phenoxy) is 4. The van der Waals surface area contributed by atoms with Crippen molar-refractivity contribution in [2.75, 3.05) is 0 Å². The van der Waals surface area contributed by atoms with Crippen molar-refractivity contribution in [2.45, 2.75) is 66.0 Å². The molecule has 4 nitrogen and oxygen atoms in total. The van der Waals surface area contributed by atoms with E-state index in [-0.39, 0.29) is 5.60 Å². The Kier molecular flexibility index (Phi) is 9.44. The summed E-state index contributed by atoms with van der Waals surface area (Å²) >= 11 is 0. The minimum absolute atomic E-state index is 0.217. The van der Waals surface area contributed by atoms with Crippen LogP contribution in [0.15, 0.2) is 109 Å². The van der Waals surface area contributed by atoms with Crippen molar-refractivity contribution in [3.05, 3.63) is 154 Å². The van der Waals surface area contributed by atoms with Gasteiger partial charge in [0.2, 0.25) is 0 Å². The molecule has 5 aromatic rings. The number of fused-ring (bicyclic) bond motifs is 1. The molecule has 0 saturated heterocycles. The van der Waals surface area contributed by atoms with E-state index in [0.717, 1.165) is 74.8 Å². The third-order valence-corrected chi connectivity index (χ3v) is 8.57. The maximum absolute atomic E-state index is 6.61. The fourth-order valence-electron chi connectivity index (χ4n) is 5.78. The van der Waals surface area contributed by atoms with E-state index in [1.54, 1.807) is 0 Å². The molecule has 0 saturated carbocycles. The van der Waals surface area contributed by atoms with Gasteiger partial charge in [0.15, 0.2) is 0 Å². The van der Waals surface area contributed by atoms with Crippen LogP contribution < -0.4 is 18.9 Å². The lowest BCUT2D eigenvalue weighted by atomic mass is 9.87. The van der Waals surface area contributed by atoms with Crippen molar-refractivity contribution in [2.24, 2.45) is 0 Å². The second-order valence-electron chi connectivity index (χ2n) is 12.5. The summed E-state index contributed by atoms with van der Waals surface area (Å²) in [7, 11) is 0. The van der Waals surface area contributed by atoms with E-state index in [9.17, 15) is 0 Å². The van der Waals surface area contributed by atoms with Crippen molar-refractivity contribution in [3.63, 3.8) is 0 Å². The van der Waals surface area contributed by atoms with Crippen LogP contribution in [0, 0.1) is 13.8 Å². The van der Waals surface area contributed by atoms with Crippen molar-refractivity contribution in [3.8, 4) is 23.0 Å². The van der Waals surface area contributed by atoms with Crippen molar-refractivity contribution in [1.82, 2.24) is 0 Å². The van der Waals surface area contributed by atoms with Gasteiger partial charge >= 0.3 is 0 Å². The van der Waals surface area contributed by atoms with E-state index in [4.69, 9.17) is 18.9 Å². The third-order valence-electron chi connectivity index (χ3n) is 8.57. The molecule has 0 amide bonds. The molecule has 0 unspecified atom stereocenters. The Morgan fingerprint density at radius 1 is 0.652 bits per heavy atom. The van der Waals surface area contributed by atoms with Crippen LogP contribution in [0.5, 0.6) is 23.0 Å². The average molecular weight is 611 g/mol. The number of hydrogen-bond donors (Lipinski definition) is 0. The standard InChI is InChI=1S/C42H42O4/c1-30-31(2)41-38(24-25-42(3,4)46-41)37(40(30)45-29-34-18-12-7-13-19-34)23-21-35-20-22-36(43-27-32-14-8-5-9-15-32)26-39(35)44-28-33-16-10-6-11-17-33/h5-23,26H,24-25,27-29H2,1-4H3. The molecular weight excluding hydrogens is 568 g/mol. The lowest BCUT2D eigenvalue weighted by molar-refractivity contribution is 0.0832. The predicted octanol–water partition coefficient (Wildman–Crippen LogP) is 10.3.